The van der Waals surface area contributed by atoms with Crippen LogP contribution in [0.25, 0.3) is 22.0 Å². The number of nitrogens with two attached hydrogens (primary N) is 2. The molecule has 0 aliphatic rings. The molecule has 0 amide bonds. The average molecular weight is 360 g/mol. The van der Waals surface area contributed by atoms with Crippen molar-refractivity contribution in [2.24, 2.45) is 16.5 Å². The molecule has 0 fully saturated rings. The van der Waals surface area contributed by atoms with Gasteiger partial charge in [-0.15, -0.1) is 0 Å². The Kier molecular flexibility index (Phi) is 5.47. The molecule has 6 heteroatoms. The fourth-order valence-corrected chi connectivity index (χ4v) is 2.74. The smallest absolute Gasteiger partial charge is 0.338 e. The molecule has 0 radical (unpaired) electrons. The first-order valence-corrected chi connectivity index (χ1v) is 8.52. The van der Waals surface area contributed by atoms with Crippen molar-refractivity contribution < 1.29 is 9.53 Å². The summed E-state index contributed by atoms with van der Waals surface area (Å²) in [6.07, 6.45) is 2.82. The Hall–Kier alpha value is -3.67. The lowest BCUT2D eigenvalue weighted by molar-refractivity contribution is 0.0526. The van der Waals surface area contributed by atoms with Crippen molar-refractivity contribution in [2.45, 2.75) is 6.92 Å². The van der Waals surface area contributed by atoms with Gasteiger partial charge in [-0.25, -0.2) is 14.8 Å². The van der Waals surface area contributed by atoms with Gasteiger partial charge in [0.15, 0.2) is 5.82 Å². The molecule has 0 unspecified atom stereocenters. The second-order valence-electron chi connectivity index (χ2n) is 5.75. The van der Waals surface area contributed by atoms with Crippen molar-refractivity contribution in [3.05, 3.63) is 72.4 Å². The molecule has 0 aliphatic carbocycles. The van der Waals surface area contributed by atoms with Gasteiger partial charge >= 0.3 is 5.97 Å². The van der Waals surface area contributed by atoms with Gasteiger partial charge in [-0.3, -0.25) is 0 Å². The quantitative estimate of drug-likeness (QED) is 0.411. The van der Waals surface area contributed by atoms with Crippen LogP contribution in [0.2, 0.25) is 0 Å². The molecular formula is C21H20N4O2. The van der Waals surface area contributed by atoms with Crippen LogP contribution < -0.4 is 11.5 Å². The largest absolute Gasteiger partial charge is 0.462 e. The summed E-state index contributed by atoms with van der Waals surface area (Å²) in [5.74, 6) is 0.350. The van der Waals surface area contributed by atoms with Crippen molar-refractivity contribution in [1.29, 1.82) is 0 Å². The highest BCUT2D eigenvalue weighted by molar-refractivity contribution is 5.99. The van der Waals surface area contributed by atoms with Crippen LogP contribution in [-0.4, -0.2) is 23.4 Å². The summed E-state index contributed by atoms with van der Waals surface area (Å²) in [5, 5.41) is 1.91. The maximum atomic E-state index is 12.1. The lowest BCUT2D eigenvalue weighted by Gasteiger charge is -2.09. The molecule has 1 heterocycles. The maximum absolute atomic E-state index is 12.1. The number of pyridine rings is 1. The highest BCUT2D eigenvalue weighted by atomic mass is 16.5. The first-order valence-electron chi connectivity index (χ1n) is 8.52. The first-order chi connectivity index (χ1) is 13.1. The van der Waals surface area contributed by atoms with Crippen LogP contribution in [-0.2, 0) is 4.74 Å². The van der Waals surface area contributed by atoms with E-state index in [2.05, 4.69) is 9.98 Å². The third-order valence-corrected chi connectivity index (χ3v) is 3.88. The minimum atomic E-state index is -0.366. The van der Waals surface area contributed by atoms with Crippen LogP contribution in [0.5, 0.6) is 0 Å². The molecule has 0 bridgehead atoms. The Balaban J connectivity index is 2.17. The van der Waals surface area contributed by atoms with E-state index < -0.39 is 0 Å². The second-order valence-corrected chi connectivity index (χ2v) is 5.75. The number of nitrogens with zero attached hydrogens (tertiary/aromatic N) is 2. The summed E-state index contributed by atoms with van der Waals surface area (Å²) < 4.78 is 5.09. The highest BCUT2D eigenvalue weighted by Gasteiger charge is 2.12. The molecule has 3 aromatic rings. The van der Waals surface area contributed by atoms with E-state index in [1.807, 2.05) is 36.4 Å². The SMILES string of the molecule is CCOC(=O)c1cccc(-c2nc(/N=C(N)\C=C/N)cc3ccccc23)c1. The van der Waals surface area contributed by atoms with Crippen molar-refractivity contribution in [3.8, 4) is 11.3 Å². The van der Waals surface area contributed by atoms with Crippen LogP contribution >= 0.6 is 0 Å². The summed E-state index contributed by atoms with van der Waals surface area (Å²) in [5.41, 5.74) is 13.2. The molecule has 0 atom stereocenters. The van der Waals surface area contributed by atoms with Gasteiger partial charge in [0.2, 0.25) is 0 Å². The number of esters is 1. The van der Waals surface area contributed by atoms with Gasteiger partial charge in [-0.2, -0.15) is 0 Å². The summed E-state index contributed by atoms with van der Waals surface area (Å²) in [4.78, 5) is 21.0. The van der Waals surface area contributed by atoms with E-state index in [9.17, 15) is 4.79 Å². The molecule has 4 N–H and O–H groups in total. The Morgan fingerprint density at radius 1 is 1.19 bits per heavy atom. The number of aliphatic imine (C=N–C) groups is 1. The van der Waals surface area contributed by atoms with E-state index >= 15 is 0 Å². The molecule has 2 aromatic carbocycles. The molecule has 3 rings (SSSR count). The zero-order chi connectivity index (χ0) is 19.2. The van der Waals surface area contributed by atoms with Gasteiger partial charge in [0.1, 0.15) is 5.84 Å². The summed E-state index contributed by atoms with van der Waals surface area (Å²) in [6.45, 7) is 2.10. The maximum Gasteiger partial charge on any atom is 0.338 e. The van der Waals surface area contributed by atoms with E-state index in [0.29, 0.717) is 23.7 Å². The topological polar surface area (TPSA) is 104 Å². The number of amidine groups is 1. The van der Waals surface area contributed by atoms with Crippen molar-refractivity contribution in [3.63, 3.8) is 0 Å². The van der Waals surface area contributed by atoms with Crippen LogP contribution in [0, 0.1) is 0 Å². The average Bonchev–Trinajstić information content (AvgIpc) is 2.68. The third-order valence-electron chi connectivity index (χ3n) is 3.88. The lowest BCUT2D eigenvalue weighted by atomic mass is 10.0. The molecule has 6 nitrogen and oxygen atoms in total. The number of hydrogen-bond donors (Lipinski definition) is 2. The van der Waals surface area contributed by atoms with E-state index in [1.54, 1.807) is 25.1 Å². The summed E-state index contributed by atoms with van der Waals surface area (Å²) >= 11 is 0. The standard InChI is InChI=1S/C21H20N4O2/c1-2-27-21(26)16-8-5-7-15(12-16)20-17-9-4-3-6-14(17)13-19(25-20)24-18(23)10-11-22/h3-13H,2,22H2,1H3,(H2,23,24,25)/b11-10-. The van der Waals surface area contributed by atoms with Gasteiger partial charge in [0.05, 0.1) is 17.9 Å². The number of benzene rings is 2. The number of carbonyl (C=O) groups excluding carboxylic acids is 1. The summed E-state index contributed by atoms with van der Waals surface area (Å²) in [7, 11) is 0. The molecule has 136 valence electrons. The number of ether oxygens (including phenoxy) is 1. The Labute approximate surface area is 157 Å². The Morgan fingerprint density at radius 2 is 2.00 bits per heavy atom. The van der Waals surface area contributed by atoms with Crippen LogP contribution in [0.15, 0.2) is 71.9 Å². The van der Waals surface area contributed by atoms with Gasteiger partial charge in [-0.05, 0) is 42.8 Å². The van der Waals surface area contributed by atoms with E-state index in [1.165, 1.54) is 12.3 Å². The normalized spacial score (nSPS) is 11.8. The number of carbonyl (C=O) groups is 1. The predicted octanol–water partition coefficient (Wildman–Crippen LogP) is 3.54. The molecule has 0 saturated carbocycles. The number of hydrogen-bond acceptors (Lipinski definition) is 5. The first kappa shape index (κ1) is 18.1. The molecular weight excluding hydrogens is 340 g/mol. The van der Waals surface area contributed by atoms with E-state index in [4.69, 9.17) is 16.2 Å². The fraction of sp³-hybridized carbons (Fsp3) is 0.0952. The molecule has 0 saturated heterocycles. The molecule has 1 aromatic heterocycles. The van der Waals surface area contributed by atoms with Crippen molar-refractivity contribution in [1.82, 2.24) is 4.98 Å². The van der Waals surface area contributed by atoms with Crippen molar-refractivity contribution in [2.75, 3.05) is 6.61 Å². The predicted molar refractivity (Wildman–Crippen MR) is 108 cm³/mol. The van der Waals surface area contributed by atoms with E-state index in [-0.39, 0.29) is 11.8 Å². The Morgan fingerprint density at radius 3 is 2.78 bits per heavy atom. The minimum absolute atomic E-state index is 0.256. The Bertz CT molecular complexity index is 1040. The van der Waals surface area contributed by atoms with Crippen LogP contribution in [0.3, 0.4) is 0 Å². The molecule has 0 aliphatic heterocycles. The van der Waals surface area contributed by atoms with Gasteiger partial charge in [-0.1, -0.05) is 36.4 Å². The minimum Gasteiger partial charge on any atom is -0.462 e. The molecule has 27 heavy (non-hydrogen) atoms. The van der Waals surface area contributed by atoms with Gasteiger partial charge < -0.3 is 16.2 Å². The zero-order valence-corrected chi connectivity index (χ0v) is 14.9. The van der Waals surface area contributed by atoms with Gasteiger partial charge in [0.25, 0.3) is 0 Å². The van der Waals surface area contributed by atoms with Crippen LogP contribution in [0.4, 0.5) is 5.82 Å². The second kappa shape index (κ2) is 8.14. The van der Waals surface area contributed by atoms with E-state index in [0.717, 1.165) is 16.3 Å². The summed E-state index contributed by atoms with van der Waals surface area (Å²) in [6, 6.07) is 16.9. The number of aromatic nitrogens is 1. The number of rotatable bonds is 5. The fourth-order valence-electron chi connectivity index (χ4n) is 2.74. The van der Waals surface area contributed by atoms with Crippen molar-refractivity contribution >= 4 is 28.4 Å². The van der Waals surface area contributed by atoms with Gasteiger partial charge in [0, 0.05) is 10.9 Å². The monoisotopic (exact) mass is 360 g/mol. The van der Waals surface area contributed by atoms with Crippen LogP contribution in [0.1, 0.15) is 17.3 Å². The number of fused-ring (bicyclic) bond motifs is 1. The molecule has 0 spiro atoms. The lowest BCUT2D eigenvalue weighted by Crippen LogP contribution is -2.08. The zero-order valence-electron chi connectivity index (χ0n) is 14.9. The highest BCUT2D eigenvalue weighted by Crippen LogP contribution is 2.30. The third kappa shape index (κ3) is 4.12.